The molecule has 1 rings (SSSR count). The Morgan fingerprint density at radius 3 is 2.69 bits per heavy atom. The third-order valence-electron chi connectivity index (χ3n) is 3.63. The average molecular weight is 228 g/mol. The standard InChI is InChI=1S/C12H24N2O2/c1-5-12(6-7-13-9-12)10(15)14-8-11(2,3)16-4/h13H,5-9H2,1-4H3,(H,14,15). The second kappa shape index (κ2) is 5.15. The third kappa shape index (κ3) is 2.95. The lowest BCUT2D eigenvalue weighted by atomic mass is 9.83. The van der Waals surface area contributed by atoms with E-state index in [2.05, 4.69) is 17.6 Å². The first-order chi connectivity index (χ1) is 7.46. The largest absolute Gasteiger partial charge is 0.377 e. The molecule has 1 fully saturated rings. The average Bonchev–Trinajstić information content (AvgIpc) is 2.76. The molecule has 4 nitrogen and oxygen atoms in total. The Bertz CT molecular complexity index is 245. The Morgan fingerprint density at radius 2 is 2.25 bits per heavy atom. The van der Waals surface area contributed by atoms with E-state index in [0.29, 0.717) is 6.54 Å². The molecule has 1 unspecified atom stereocenters. The lowest BCUT2D eigenvalue weighted by Gasteiger charge is -2.29. The molecule has 16 heavy (non-hydrogen) atoms. The molecule has 1 aliphatic rings. The molecule has 1 atom stereocenters. The van der Waals surface area contributed by atoms with E-state index in [1.807, 2.05) is 13.8 Å². The minimum Gasteiger partial charge on any atom is -0.377 e. The molecule has 1 heterocycles. The van der Waals surface area contributed by atoms with Crippen molar-refractivity contribution in [1.82, 2.24) is 10.6 Å². The van der Waals surface area contributed by atoms with Crippen LogP contribution in [0.2, 0.25) is 0 Å². The Morgan fingerprint density at radius 1 is 1.56 bits per heavy atom. The van der Waals surface area contributed by atoms with Crippen molar-refractivity contribution in [1.29, 1.82) is 0 Å². The highest BCUT2D eigenvalue weighted by Crippen LogP contribution is 2.29. The van der Waals surface area contributed by atoms with Crippen molar-refractivity contribution in [3.8, 4) is 0 Å². The first kappa shape index (κ1) is 13.5. The van der Waals surface area contributed by atoms with E-state index >= 15 is 0 Å². The normalized spacial score (nSPS) is 25.8. The molecular formula is C12H24N2O2. The van der Waals surface area contributed by atoms with Crippen LogP contribution in [0.5, 0.6) is 0 Å². The van der Waals surface area contributed by atoms with Gasteiger partial charge in [0.05, 0.1) is 11.0 Å². The van der Waals surface area contributed by atoms with Gasteiger partial charge >= 0.3 is 0 Å². The van der Waals surface area contributed by atoms with Crippen LogP contribution in [0.3, 0.4) is 0 Å². The lowest BCUT2D eigenvalue weighted by Crippen LogP contribution is -2.47. The molecule has 0 aromatic heterocycles. The van der Waals surface area contributed by atoms with Crippen LogP contribution < -0.4 is 10.6 Å². The van der Waals surface area contributed by atoms with E-state index in [-0.39, 0.29) is 16.9 Å². The fraction of sp³-hybridized carbons (Fsp3) is 0.917. The van der Waals surface area contributed by atoms with Crippen LogP contribution in [-0.2, 0) is 9.53 Å². The first-order valence-electron chi connectivity index (χ1n) is 6.00. The van der Waals surface area contributed by atoms with E-state index in [1.54, 1.807) is 7.11 Å². The van der Waals surface area contributed by atoms with Gasteiger partial charge in [0, 0.05) is 20.2 Å². The second-order valence-electron chi connectivity index (χ2n) is 5.21. The third-order valence-corrected chi connectivity index (χ3v) is 3.63. The van der Waals surface area contributed by atoms with Gasteiger partial charge in [-0.25, -0.2) is 0 Å². The summed E-state index contributed by atoms with van der Waals surface area (Å²) in [5, 5.41) is 6.27. The van der Waals surface area contributed by atoms with E-state index < -0.39 is 0 Å². The minimum atomic E-state index is -0.295. The Kier molecular flexibility index (Phi) is 4.33. The number of ether oxygens (including phenoxy) is 1. The zero-order valence-corrected chi connectivity index (χ0v) is 10.9. The van der Waals surface area contributed by atoms with Gasteiger partial charge in [-0.1, -0.05) is 6.92 Å². The molecule has 1 amide bonds. The highest BCUT2D eigenvalue weighted by molar-refractivity contribution is 5.83. The predicted molar refractivity (Wildman–Crippen MR) is 64.3 cm³/mol. The number of nitrogens with one attached hydrogen (secondary N) is 2. The molecule has 0 spiro atoms. The molecule has 0 aromatic carbocycles. The molecule has 0 saturated carbocycles. The highest BCUT2D eigenvalue weighted by Gasteiger charge is 2.39. The van der Waals surface area contributed by atoms with E-state index in [0.717, 1.165) is 25.9 Å². The van der Waals surface area contributed by atoms with Crippen LogP contribution in [0.4, 0.5) is 0 Å². The maximum absolute atomic E-state index is 12.2. The highest BCUT2D eigenvalue weighted by atomic mass is 16.5. The van der Waals surface area contributed by atoms with E-state index in [4.69, 9.17) is 4.74 Å². The Labute approximate surface area is 98.1 Å². The molecule has 4 heteroatoms. The summed E-state index contributed by atoms with van der Waals surface area (Å²) in [4.78, 5) is 12.2. The zero-order valence-electron chi connectivity index (χ0n) is 10.9. The number of amides is 1. The number of carbonyl (C=O) groups is 1. The maximum atomic E-state index is 12.2. The van der Waals surface area contributed by atoms with Gasteiger partial charge in [0.1, 0.15) is 0 Å². The van der Waals surface area contributed by atoms with Crippen molar-refractivity contribution in [2.24, 2.45) is 5.41 Å². The van der Waals surface area contributed by atoms with Crippen LogP contribution in [0.1, 0.15) is 33.6 Å². The van der Waals surface area contributed by atoms with Crippen LogP contribution in [0.15, 0.2) is 0 Å². The van der Waals surface area contributed by atoms with Crippen molar-refractivity contribution in [2.75, 3.05) is 26.7 Å². The van der Waals surface area contributed by atoms with Crippen LogP contribution >= 0.6 is 0 Å². The summed E-state index contributed by atoms with van der Waals surface area (Å²) >= 11 is 0. The number of hydrogen-bond donors (Lipinski definition) is 2. The number of methoxy groups -OCH3 is 1. The number of carbonyl (C=O) groups excluding carboxylic acids is 1. The van der Waals surface area contributed by atoms with Gasteiger partial charge in [-0.15, -0.1) is 0 Å². The molecule has 0 bridgehead atoms. The summed E-state index contributed by atoms with van der Waals surface area (Å²) < 4.78 is 5.29. The van der Waals surface area contributed by atoms with Gasteiger partial charge in [0.2, 0.25) is 5.91 Å². The summed E-state index contributed by atoms with van der Waals surface area (Å²) in [6.45, 7) is 8.31. The van der Waals surface area contributed by atoms with Gasteiger partial charge in [-0.05, 0) is 33.2 Å². The minimum absolute atomic E-state index is 0.158. The molecule has 94 valence electrons. The van der Waals surface area contributed by atoms with E-state index in [1.165, 1.54) is 0 Å². The van der Waals surface area contributed by atoms with Gasteiger partial charge in [-0.2, -0.15) is 0 Å². The second-order valence-corrected chi connectivity index (χ2v) is 5.21. The summed E-state index contributed by atoms with van der Waals surface area (Å²) in [7, 11) is 1.67. The van der Waals surface area contributed by atoms with Crippen molar-refractivity contribution in [3.05, 3.63) is 0 Å². The molecule has 1 aliphatic heterocycles. The fourth-order valence-corrected chi connectivity index (χ4v) is 1.95. The van der Waals surface area contributed by atoms with Gasteiger partial charge in [-0.3, -0.25) is 4.79 Å². The summed E-state index contributed by atoms with van der Waals surface area (Å²) in [5.41, 5.74) is -0.500. The van der Waals surface area contributed by atoms with Crippen LogP contribution in [0.25, 0.3) is 0 Å². The van der Waals surface area contributed by atoms with Gasteiger partial charge < -0.3 is 15.4 Å². The van der Waals surface area contributed by atoms with E-state index in [9.17, 15) is 4.79 Å². The smallest absolute Gasteiger partial charge is 0.227 e. The topological polar surface area (TPSA) is 50.4 Å². The maximum Gasteiger partial charge on any atom is 0.227 e. The monoisotopic (exact) mass is 228 g/mol. The molecular weight excluding hydrogens is 204 g/mol. The summed E-state index contributed by atoms with van der Waals surface area (Å²) in [6, 6.07) is 0. The first-order valence-corrected chi connectivity index (χ1v) is 6.00. The summed E-state index contributed by atoms with van der Waals surface area (Å²) in [5.74, 6) is 0.158. The molecule has 1 saturated heterocycles. The molecule has 0 aliphatic carbocycles. The molecule has 0 aromatic rings. The van der Waals surface area contributed by atoms with Crippen LogP contribution in [-0.4, -0.2) is 38.3 Å². The van der Waals surface area contributed by atoms with Crippen molar-refractivity contribution in [2.45, 2.75) is 39.2 Å². The van der Waals surface area contributed by atoms with Gasteiger partial charge in [0.15, 0.2) is 0 Å². The van der Waals surface area contributed by atoms with Crippen molar-refractivity contribution in [3.63, 3.8) is 0 Å². The quantitative estimate of drug-likeness (QED) is 0.735. The van der Waals surface area contributed by atoms with Crippen LogP contribution in [0, 0.1) is 5.41 Å². The van der Waals surface area contributed by atoms with Crippen molar-refractivity contribution < 1.29 is 9.53 Å². The van der Waals surface area contributed by atoms with Crippen molar-refractivity contribution >= 4 is 5.91 Å². The SMILES string of the molecule is CCC1(C(=O)NCC(C)(C)OC)CCNC1. The molecule has 0 radical (unpaired) electrons. The Balaban J connectivity index is 2.51. The Hall–Kier alpha value is -0.610. The number of rotatable bonds is 5. The summed E-state index contributed by atoms with van der Waals surface area (Å²) in [6.07, 6.45) is 1.82. The fourth-order valence-electron chi connectivity index (χ4n) is 1.95. The predicted octanol–water partition coefficient (Wildman–Crippen LogP) is 0.917. The van der Waals surface area contributed by atoms with Gasteiger partial charge in [0.25, 0.3) is 0 Å². The molecule has 2 N–H and O–H groups in total. The zero-order chi connectivity index (χ0) is 12.2. The lowest BCUT2D eigenvalue weighted by molar-refractivity contribution is -0.131. The number of hydrogen-bond acceptors (Lipinski definition) is 3.